The van der Waals surface area contributed by atoms with Crippen molar-refractivity contribution in [3.8, 4) is 0 Å². The van der Waals surface area contributed by atoms with Crippen molar-refractivity contribution < 1.29 is 27.5 Å². The van der Waals surface area contributed by atoms with E-state index in [1.54, 1.807) is 24.3 Å². The van der Waals surface area contributed by atoms with Gasteiger partial charge >= 0.3 is 12.1 Å². The molecule has 0 amide bonds. The van der Waals surface area contributed by atoms with Gasteiger partial charge in [-0.25, -0.2) is 0 Å². The molecule has 0 saturated carbocycles. The lowest BCUT2D eigenvalue weighted by Gasteiger charge is -2.16. The van der Waals surface area contributed by atoms with E-state index >= 15 is 0 Å². The van der Waals surface area contributed by atoms with Crippen LogP contribution in [0.2, 0.25) is 0 Å². The van der Waals surface area contributed by atoms with Gasteiger partial charge < -0.3 is 4.74 Å². The molecule has 0 saturated heterocycles. The molecule has 6 heteroatoms. The predicted octanol–water partition coefficient (Wildman–Crippen LogP) is 3.66. The molecule has 0 aliphatic heterocycles. The van der Waals surface area contributed by atoms with E-state index in [0.717, 1.165) is 5.56 Å². The zero-order valence-electron chi connectivity index (χ0n) is 12.7. The number of esters is 1. The van der Waals surface area contributed by atoms with Crippen molar-refractivity contribution in [1.29, 1.82) is 0 Å². The molecule has 1 aromatic rings. The Morgan fingerprint density at radius 1 is 1.14 bits per heavy atom. The van der Waals surface area contributed by atoms with Crippen molar-refractivity contribution in [2.24, 2.45) is 5.92 Å². The summed E-state index contributed by atoms with van der Waals surface area (Å²) in [6, 6.07) is 6.82. The fraction of sp³-hybridized carbons (Fsp3) is 0.500. The second-order valence-corrected chi connectivity index (χ2v) is 5.27. The molecular weight excluding hydrogens is 297 g/mol. The van der Waals surface area contributed by atoms with E-state index in [1.807, 2.05) is 13.8 Å². The quantitative estimate of drug-likeness (QED) is 0.594. The highest BCUT2D eigenvalue weighted by atomic mass is 19.4. The molecule has 3 nitrogen and oxygen atoms in total. The molecule has 0 fully saturated rings. The van der Waals surface area contributed by atoms with Gasteiger partial charge in [0.1, 0.15) is 5.92 Å². The van der Waals surface area contributed by atoms with Crippen molar-refractivity contribution in [2.75, 3.05) is 6.61 Å². The minimum absolute atomic E-state index is 0.0766. The second kappa shape index (κ2) is 7.42. The molecule has 0 spiro atoms. The summed E-state index contributed by atoms with van der Waals surface area (Å²) >= 11 is 0. The number of ketones is 1. The smallest absolute Gasteiger partial charge is 0.450 e. The second-order valence-electron chi connectivity index (χ2n) is 5.27. The van der Waals surface area contributed by atoms with Crippen LogP contribution in [0, 0.1) is 5.92 Å². The number of ether oxygens (including phenoxy) is 1. The number of hydrogen-bond donors (Lipinski definition) is 0. The first-order valence-electron chi connectivity index (χ1n) is 7.03. The standard InChI is InChI=1S/C16H19F3O3/c1-4-22-15(21)13(14(20)16(17,18)19)9-11-5-7-12(8-6-11)10(2)3/h5-8,10,13H,4,9H2,1-3H3. The van der Waals surface area contributed by atoms with Gasteiger partial charge in [-0.05, 0) is 30.4 Å². The maximum absolute atomic E-state index is 12.6. The molecule has 22 heavy (non-hydrogen) atoms. The van der Waals surface area contributed by atoms with Gasteiger partial charge in [0.05, 0.1) is 6.61 Å². The number of rotatable bonds is 6. The Bertz CT molecular complexity index is 518. The monoisotopic (exact) mass is 316 g/mol. The van der Waals surface area contributed by atoms with Gasteiger partial charge in [0.2, 0.25) is 0 Å². The molecule has 0 aliphatic carbocycles. The highest BCUT2D eigenvalue weighted by Crippen LogP contribution is 2.25. The molecule has 1 atom stereocenters. The number of hydrogen-bond acceptors (Lipinski definition) is 3. The van der Waals surface area contributed by atoms with E-state index < -0.39 is 23.8 Å². The number of carbonyl (C=O) groups excluding carboxylic acids is 2. The molecule has 0 bridgehead atoms. The zero-order valence-corrected chi connectivity index (χ0v) is 12.7. The fourth-order valence-corrected chi connectivity index (χ4v) is 2.00. The average molecular weight is 316 g/mol. The molecule has 0 heterocycles. The first-order chi connectivity index (χ1) is 10.2. The number of carbonyl (C=O) groups is 2. The topological polar surface area (TPSA) is 43.4 Å². The lowest BCUT2D eigenvalue weighted by Crippen LogP contribution is -2.37. The summed E-state index contributed by atoms with van der Waals surface area (Å²) in [5.74, 6) is -4.78. The number of Topliss-reactive ketones (excluding diaryl/α,β-unsaturated/α-hetero) is 1. The van der Waals surface area contributed by atoms with Crippen LogP contribution in [0.1, 0.15) is 37.8 Å². The third kappa shape index (κ3) is 4.86. The average Bonchev–Trinajstić information content (AvgIpc) is 2.43. The summed E-state index contributed by atoms with van der Waals surface area (Å²) in [5.41, 5.74) is 1.51. The summed E-state index contributed by atoms with van der Waals surface area (Å²) < 4.78 is 42.4. The predicted molar refractivity (Wildman–Crippen MR) is 75.4 cm³/mol. The first kappa shape index (κ1) is 18.2. The van der Waals surface area contributed by atoms with Crippen LogP contribution in [0.15, 0.2) is 24.3 Å². The van der Waals surface area contributed by atoms with Crippen molar-refractivity contribution in [3.63, 3.8) is 0 Å². The third-order valence-corrected chi connectivity index (χ3v) is 3.25. The lowest BCUT2D eigenvalue weighted by atomic mass is 9.93. The summed E-state index contributed by atoms with van der Waals surface area (Å²) in [6.07, 6.45) is -5.38. The molecule has 1 unspecified atom stereocenters. The van der Waals surface area contributed by atoms with Crippen LogP contribution < -0.4 is 0 Å². The molecule has 1 aromatic carbocycles. The minimum Gasteiger partial charge on any atom is -0.465 e. The number of halogens is 3. The van der Waals surface area contributed by atoms with E-state index in [0.29, 0.717) is 5.56 Å². The summed E-state index contributed by atoms with van der Waals surface area (Å²) in [5, 5.41) is 0. The summed E-state index contributed by atoms with van der Waals surface area (Å²) in [7, 11) is 0. The van der Waals surface area contributed by atoms with Crippen molar-refractivity contribution in [3.05, 3.63) is 35.4 Å². The third-order valence-electron chi connectivity index (χ3n) is 3.25. The van der Waals surface area contributed by atoms with E-state index in [1.165, 1.54) is 6.92 Å². The van der Waals surface area contributed by atoms with E-state index in [2.05, 4.69) is 4.74 Å². The minimum atomic E-state index is -5.06. The summed E-state index contributed by atoms with van der Waals surface area (Å²) in [6.45, 7) is 5.38. The maximum Gasteiger partial charge on any atom is 0.450 e. The number of benzene rings is 1. The van der Waals surface area contributed by atoms with Crippen molar-refractivity contribution in [1.82, 2.24) is 0 Å². The van der Waals surface area contributed by atoms with Crippen molar-refractivity contribution >= 4 is 11.8 Å². The van der Waals surface area contributed by atoms with Crippen LogP contribution in [0.25, 0.3) is 0 Å². The normalized spacial score (nSPS) is 13.0. The van der Waals surface area contributed by atoms with Gasteiger partial charge in [-0.3, -0.25) is 9.59 Å². The Balaban J connectivity index is 2.97. The summed E-state index contributed by atoms with van der Waals surface area (Å²) in [4.78, 5) is 23.1. The van der Waals surface area contributed by atoms with Crippen LogP contribution in [-0.2, 0) is 20.7 Å². The van der Waals surface area contributed by atoms with Gasteiger partial charge in [-0.15, -0.1) is 0 Å². The largest absolute Gasteiger partial charge is 0.465 e. The van der Waals surface area contributed by atoms with Crippen LogP contribution in [0.3, 0.4) is 0 Å². The molecule has 0 aliphatic rings. The molecule has 1 rings (SSSR count). The zero-order chi connectivity index (χ0) is 16.9. The van der Waals surface area contributed by atoms with Gasteiger partial charge in [0.25, 0.3) is 5.78 Å². The first-order valence-corrected chi connectivity index (χ1v) is 7.03. The number of alkyl halides is 3. The van der Waals surface area contributed by atoms with E-state index in [-0.39, 0.29) is 18.9 Å². The molecular formula is C16H19F3O3. The van der Waals surface area contributed by atoms with Crippen LogP contribution in [0.4, 0.5) is 13.2 Å². The van der Waals surface area contributed by atoms with Gasteiger partial charge in [-0.2, -0.15) is 13.2 Å². The Labute approximate surface area is 127 Å². The highest BCUT2D eigenvalue weighted by molar-refractivity contribution is 6.02. The van der Waals surface area contributed by atoms with E-state index in [4.69, 9.17) is 0 Å². The Morgan fingerprint density at radius 2 is 1.68 bits per heavy atom. The Hall–Kier alpha value is -1.85. The molecule has 0 radical (unpaired) electrons. The Kier molecular flexibility index (Phi) is 6.14. The lowest BCUT2D eigenvalue weighted by molar-refractivity contribution is -0.180. The molecule has 0 aromatic heterocycles. The van der Waals surface area contributed by atoms with Gasteiger partial charge in [0.15, 0.2) is 0 Å². The van der Waals surface area contributed by atoms with Crippen LogP contribution in [0.5, 0.6) is 0 Å². The van der Waals surface area contributed by atoms with Crippen LogP contribution >= 0.6 is 0 Å². The van der Waals surface area contributed by atoms with E-state index in [9.17, 15) is 22.8 Å². The van der Waals surface area contributed by atoms with Gasteiger partial charge in [0, 0.05) is 0 Å². The highest BCUT2D eigenvalue weighted by Gasteiger charge is 2.46. The molecule has 122 valence electrons. The Morgan fingerprint density at radius 3 is 2.09 bits per heavy atom. The van der Waals surface area contributed by atoms with Crippen molar-refractivity contribution in [2.45, 2.75) is 39.3 Å². The maximum atomic E-state index is 12.6. The fourth-order valence-electron chi connectivity index (χ4n) is 2.00. The SMILES string of the molecule is CCOC(=O)C(Cc1ccc(C(C)C)cc1)C(=O)C(F)(F)F. The van der Waals surface area contributed by atoms with Crippen LogP contribution in [-0.4, -0.2) is 24.5 Å². The molecule has 0 N–H and O–H groups in total. The van der Waals surface area contributed by atoms with Gasteiger partial charge in [-0.1, -0.05) is 38.1 Å².